The molecule has 9 nitrogen and oxygen atoms in total. The van der Waals surface area contributed by atoms with Gasteiger partial charge in [0, 0.05) is 36.7 Å². The van der Waals surface area contributed by atoms with Crippen molar-refractivity contribution < 1.29 is 14.3 Å². The van der Waals surface area contributed by atoms with E-state index in [0.717, 1.165) is 60.6 Å². The van der Waals surface area contributed by atoms with Gasteiger partial charge >= 0.3 is 12.1 Å². The maximum Gasteiger partial charge on any atom is 0.343 e. The fourth-order valence-corrected chi connectivity index (χ4v) is 5.49. The first-order valence-electron chi connectivity index (χ1n) is 16.4. The van der Waals surface area contributed by atoms with Crippen LogP contribution >= 0.6 is 23.2 Å². The minimum absolute atomic E-state index is 0.121. The maximum atomic E-state index is 13.2. The lowest BCUT2D eigenvalue weighted by molar-refractivity contribution is 0.219. The number of likely N-dealkylation sites (tertiary alicyclic amines) is 1. The van der Waals surface area contributed by atoms with Crippen LogP contribution in [0.1, 0.15) is 78.5 Å². The lowest BCUT2D eigenvalue weighted by Crippen LogP contribution is -2.26. The molecule has 4 rings (SSSR count). The molecule has 3 aromatic rings. The number of aliphatic imine (C=N–C) groups is 1. The van der Waals surface area contributed by atoms with Gasteiger partial charge in [0.1, 0.15) is 16.6 Å². The van der Waals surface area contributed by atoms with Crippen LogP contribution in [0.4, 0.5) is 21.1 Å². The van der Waals surface area contributed by atoms with E-state index < -0.39 is 6.03 Å². The molecule has 4 amide bonds. The summed E-state index contributed by atoms with van der Waals surface area (Å²) in [7, 11) is 0. The second-order valence-corrected chi connectivity index (χ2v) is 13.9. The van der Waals surface area contributed by atoms with Gasteiger partial charge in [-0.15, -0.1) is 0 Å². The van der Waals surface area contributed by atoms with Crippen LogP contribution in [0.15, 0.2) is 71.4 Å². The molecule has 1 aliphatic rings. The van der Waals surface area contributed by atoms with Crippen LogP contribution in [0, 0.1) is 12.8 Å². The SMILES string of the molecule is CC=C/C(=C\Oc1ccc(NC(=O)Nc2cc(C(C)(C)C)nn2-c2ccc(C)cc2)c(Cl)c1Cl)CC(=NC(=O)N1CCCC1)C(C)CC. The van der Waals surface area contributed by atoms with Gasteiger partial charge in [-0.25, -0.2) is 19.3 Å². The van der Waals surface area contributed by atoms with Gasteiger partial charge in [-0.05, 0) is 68.9 Å². The fraction of sp³-hybridized carbons (Fsp3) is 0.405. The van der Waals surface area contributed by atoms with Crippen molar-refractivity contribution >= 4 is 52.5 Å². The number of allylic oxidation sites excluding steroid dienone is 3. The largest absolute Gasteiger partial charge is 0.463 e. The summed E-state index contributed by atoms with van der Waals surface area (Å²) in [5, 5.41) is 10.7. The molecule has 0 aliphatic carbocycles. The number of rotatable bonds is 10. The van der Waals surface area contributed by atoms with Crippen LogP contribution in [-0.2, 0) is 5.41 Å². The van der Waals surface area contributed by atoms with E-state index in [9.17, 15) is 9.59 Å². The highest BCUT2D eigenvalue weighted by atomic mass is 35.5. The van der Waals surface area contributed by atoms with Crippen molar-refractivity contribution in [3.63, 3.8) is 0 Å². The first-order valence-corrected chi connectivity index (χ1v) is 17.1. The molecule has 0 radical (unpaired) electrons. The smallest absolute Gasteiger partial charge is 0.343 e. The Morgan fingerprint density at radius 3 is 2.38 bits per heavy atom. The zero-order valence-corrected chi connectivity index (χ0v) is 30.4. The van der Waals surface area contributed by atoms with Crippen LogP contribution in [0.2, 0.25) is 10.0 Å². The highest BCUT2D eigenvalue weighted by molar-refractivity contribution is 6.45. The molecule has 2 aromatic carbocycles. The van der Waals surface area contributed by atoms with E-state index in [1.54, 1.807) is 28.0 Å². The molecule has 1 atom stereocenters. The number of carbonyl (C=O) groups is 2. The predicted molar refractivity (Wildman–Crippen MR) is 197 cm³/mol. The Hall–Kier alpha value is -4.08. The minimum atomic E-state index is -0.508. The van der Waals surface area contributed by atoms with Crippen molar-refractivity contribution in [1.82, 2.24) is 14.7 Å². The number of benzene rings is 2. The number of urea groups is 2. The van der Waals surface area contributed by atoms with Crippen LogP contribution in [0.5, 0.6) is 5.75 Å². The van der Waals surface area contributed by atoms with Gasteiger partial charge in [-0.2, -0.15) is 5.10 Å². The van der Waals surface area contributed by atoms with Crippen LogP contribution in [0.25, 0.3) is 5.69 Å². The lowest BCUT2D eigenvalue weighted by atomic mass is 9.92. The average Bonchev–Trinajstić information content (AvgIpc) is 3.74. The zero-order chi connectivity index (χ0) is 35.0. The molecule has 1 aliphatic heterocycles. The summed E-state index contributed by atoms with van der Waals surface area (Å²) >= 11 is 13.3. The van der Waals surface area contributed by atoms with E-state index >= 15 is 0 Å². The lowest BCUT2D eigenvalue weighted by Gasteiger charge is -2.17. The number of aromatic nitrogens is 2. The van der Waals surface area contributed by atoms with E-state index in [-0.39, 0.29) is 27.4 Å². The minimum Gasteiger partial charge on any atom is -0.463 e. The van der Waals surface area contributed by atoms with Crippen LogP contribution in [0.3, 0.4) is 0 Å². The molecule has 2 N–H and O–H groups in total. The molecule has 1 saturated heterocycles. The summed E-state index contributed by atoms with van der Waals surface area (Å²) in [4.78, 5) is 32.3. The second kappa shape index (κ2) is 16.3. The van der Waals surface area contributed by atoms with Gasteiger partial charge in [-0.3, -0.25) is 5.32 Å². The van der Waals surface area contributed by atoms with Gasteiger partial charge in [-0.1, -0.05) is 87.7 Å². The quantitative estimate of drug-likeness (QED) is 0.125. The summed E-state index contributed by atoms with van der Waals surface area (Å²) in [6.07, 6.45) is 8.73. The third-order valence-corrected chi connectivity index (χ3v) is 9.06. The van der Waals surface area contributed by atoms with Gasteiger partial charge in [0.15, 0.2) is 0 Å². The molecule has 11 heteroatoms. The number of carbonyl (C=O) groups excluding carboxylic acids is 2. The first kappa shape index (κ1) is 36.8. The van der Waals surface area contributed by atoms with Crippen molar-refractivity contribution in [2.45, 2.75) is 79.6 Å². The Bertz CT molecular complexity index is 1700. The summed E-state index contributed by atoms with van der Waals surface area (Å²) < 4.78 is 7.70. The van der Waals surface area contributed by atoms with E-state index in [1.165, 1.54) is 0 Å². The van der Waals surface area contributed by atoms with E-state index in [4.69, 9.17) is 33.0 Å². The maximum absolute atomic E-state index is 13.2. The van der Waals surface area contributed by atoms with E-state index in [2.05, 4.69) is 50.2 Å². The Morgan fingerprint density at radius 2 is 1.75 bits per heavy atom. The Morgan fingerprint density at radius 1 is 1.06 bits per heavy atom. The highest BCUT2D eigenvalue weighted by Gasteiger charge is 2.23. The van der Waals surface area contributed by atoms with Gasteiger partial charge < -0.3 is 15.0 Å². The van der Waals surface area contributed by atoms with Crippen LogP contribution in [-0.4, -0.2) is 45.5 Å². The summed E-state index contributed by atoms with van der Waals surface area (Å²) in [6, 6.07) is 12.3. The molecule has 1 fully saturated rings. The summed E-state index contributed by atoms with van der Waals surface area (Å²) in [5.74, 6) is 0.944. The molecule has 0 spiro atoms. The first-order chi connectivity index (χ1) is 22.8. The molecule has 0 bridgehead atoms. The van der Waals surface area contributed by atoms with Gasteiger partial charge in [0.25, 0.3) is 0 Å². The molecule has 256 valence electrons. The van der Waals surface area contributed by atoms with E-state index in [1.807, 2.05) is 56.3 Å². The van der Waals surface area contributed by atoms with Gasteiger partial charge in [0.05, 0.1) is 28.4 Å². The Balaban J connectivity index is 1.50. The monoisotopic (exact) mass is 692 g/mol. The summed E-state index contributed by atoms with van der Waals surface area (Å²) in [6.45, 7) is 15.8. The Kier molecular flexibility index (Phi) is 12.5. The molecular weight excluding hydrogens is 647 g/mol. The third-order valence-electron chi connectivity index (χ3n) is 8.19. The molecule has 48 heavy (non-hydrogen) atoms. The van der Waals surface area contributed by atoms with Crippen molar-refractivity contribution in [2.24, 2.45) is 10.9 Å². The second-order valence-electron chi connectivity index (χ2n) is 13.1. The number of hydrogen-bond acceptors (Lipinski definition) is 4. The number of hydrogen-bond donors (Lipinski definition) is 2. The van der Waals surface area contributed by atoms with Crippen molar-refractivity contribution in [3.05, 3.63) is 87.8 Å². The van der Waals surface area contributed by atoms with Gasteiger partial charge in [0.2, 0.25) is 0 Å². The molecule has 1 unspecified atom stereocenters. The average molecular weight is 694 g/mol. The highest BCUT2D eigenvalue weighted by Crippen LogP contribution is 2.38. The normalized spacial score (nSPS) is 14.8. The van der Waals surface area contributed by atoms with Crippen molar-refractivity contribution in [3.8, 4) is 11.4 Å². The van der Waals surface area contributed by atoms with Crippen LogP contribution < -0.4 is 15.4 Å². The fourth-order valence-electron chi connectivity index (χ4n) is 5.07. The number of nitrogens with one attached hydrogen (secondary N) is 2. The van der Waals surface area contributed by atoms with Crippen molar-refractivity contribution in [1.29, 1.82) is 0 Å². The van der Waals surface area contributed by atoms with Crippen molar-refractivity contribution in [2.75, 3.05) is 23.7 Å². The van der Waals surface area contributed by atoms with E-state index in [0.29, 0.717) is 23.7 Å². The molecular formula is C37H46Cl2N6O3. The molecule has 0 saturated carbocycles. The standard InChI is InChI=1S/C37H46Cl2N6O3/c1-8-12-26(21-29(25(4)9-2)41-36(47)44-19-10-11-20-44)23-48-30-18-17-28(33(38)34(30)39)40-35(46)42-32-22-31(37(5,6)7)43-45(32)27-15-13-24(3)14-16-27/h8,12-18,22-23,25H,9-11,19-21H2,1-7H3,(H2,40,42,46)/b12-8?,26-23+,41-29?. The Labute approximate surface area is 294 Å². The number of aryl methyl sites for hydroxylation is 1. The topological polar surface area (TPSA) is 101 Å². The predicted octanol–water partition coefficient (Wildman–Crippen LogP) is 10.4. The number of amides is 4. The molecule has 2 heterocycles. The summed E-state index contributed by atoms with van der Waals surface area (Å²) in [5.41, 5.74) is 4.47. The number of halogens is 2. The number of ether oxygens (including phenoxy) is 1. The third kappa shape index (κ3) is 9.51. The number of anilines is 2. The number of nitrogens with zero attached hydrogens (tertiary/aromatic N) is 4. The molecule has 1 aromatic heterocycles. The zero-order valence-electron chi connectivity index (χ0n) is 28.9.